The molecule has 2 aliphatic heterocycles. The first kappa shape index (κ1) is 21.5. The minimum absolute atomic E-state index is 0.0161. The molecule has 160 valence electrons. The molecular weight excluding hydrogens is 414 g/mol. The molecule has 1 aromatic heterocycles. The molecule has 1 fully saturated rings. The summed E-state index contributed by atoms with van der Waals surface area (Å²) in [4.78, 5) is 34.0. The summed E-state index contributed by atoms with van der Waals surface area (Å²) >= 11 is 3.00. The number of thioether (sulfide) groups is 2. The first-order chi connectivity index (χ1) is 14.5. The summed E-state index contributed by atoms with van der Waals surface area (Å²) in [6.07, 6.45) is 5.16. The Bertz CT molecular complexity index is 987. The van der Waals surface area contributed by atoms with Crippen LogP contribution in [0.25, 0.3) is 5.69 Å². The lowest BCUT2D eigenvalue weighted by atomic mass is 10.0. The van der Waals surface area contributed by atoms with Crippen molar-refractivity contribution in [2.24, 2.45) is 0 Å². The van der Waals surface area contributed by atoms with E-state index in [0.29, 0.717) is 22.2 Å². The number of rotatable bonds is 5. The maximum absolute atomic E-state index is 13.4. The smallest absolute Gasteiger partial charge is 0.272 e. The number of hydrogen-bond donors (Lipinski definition) is 0. The van der Waals surface area contributed by atoms with E-state index in [1.165, 1.54) is 18.2 Å². The molecule has 5 nitrogen and oxygen atoms in total. The van der Waals surface area contributed by atoms with Gasteiger partial charge in [0.15, 0.2) is 5.16 Å². The number of piperidine rings is 1. The zero-order valence-corrected chi connectivity index (χ0v) is 19.5. The van der Waals surface area contributed by atoms with Crippen LogP contribution in [0.4, 0.5) is 0 Å². The van der Waals surface area contributed by atoms with Crippen LogP contribution in [-0.2, 0) is 11.2 Å². The zero-order chi connectivity index (χ0) is 21.3. The van der Waals surface area contributed by atoms with Gasteiger partial charge in [0.25, 0.3) is 5.56 Å². The normalized spacial score (nSPS) is 21.0. The maximum Gasteiger partial charge on any atom is 0.272 e. The third-order valence-electron chi connectivity index (χ3n) is 5.92. The minimum Gasteiger partial charge on any atom is -0.339 e. The number of carbonyl (C=O) groups is 1. The van der Waals surface area contributed by atoms with Gasteiger partial charge in [-0.3, -0.25) is 14.2 Å². The molecule has 1 amide bonds. The number of fused-ring (bicyclic) bond motifs is 1. The van der Waals surface area contributed by atoms with Crippen molar-refractivity contribution in [3.63, 3.8) is 0 Å². The summed E-state index contributed by atoms with van der Waals surface area (Å²) in [6.45, 7) is 7.15. The summed E-state index contributed by atoms with van der Waals surface area (Å²) in [5.74, 6) is 0.468. The molecule has 1 saturated heterocycles. The molecule has 0 spiro atoms. The Morgan fingerprint density at radius 3 is 2.77 bits per heavy atom. The molecule has 0 radical (unpaired) electrons. The second kappa shape index (κ2) is 9.18. The van der Waals surface area contributed by atoms with Gasteiger partial charge in [-0.2, -0.15) is 0 Å². The SMILES string of the molecule is CCC1CCCCN1C(=O)CSc1nc2c(c(=O)n1-c1ccc(C)cc1)SC(C)C2. The molecule has 2 unspecified atom stereocenters. The van der Waals surface area contributed by atoms with E-state index < -0.39 is 0 Å². The number of nitrogens with zero attached hydrogens (tertiary/aromatic N) is 3. The van der Waals surface area contributed by atoms with Crippen LogP contribution in [0.15, 0.2) is 39.1 Å². The molecule has 2 aliphatic rings. The Morgan fingerprint density at radius 2 is 2.03 bits per heavy atom. The summed E-state index contributed by atoms with van der Waals surface area (Å²) in [5.41, 5.74) is 2.81. The van der Waals surface area contributed by atoms with Crippen LogP contribution in [0.5, 0.6) is 0 Å². The average Bonchev–Trinajstić information content (AvgIpc) is 3.13. The summed E-state index contributed by atoms with van der Waals surface area (Å²) in [5, 5.41) is 0.975. The van der Waals surface area contributed by atoms with Gasteiger partial charge in [0, 0.05) is 24.3 Å². The van der Waals surface area contributed by atoms with Crippen LogP contribution in [-0.4, -0.2) is 43.9 Å². The number of benzene rings is 1. The average molecular weight is 444 g/mol. The van der Waals surface area contributed by atoms with E-state index in [0.717, 1.165) is 54.1 Å². The van der Waals surface area contributed by atoms with Crippen LogP contribution in [0.2, 0.25) is 0 Å². The van der Waals surface area contributed by atoms with E-state index in [9.17, 15) is 9.59 Å². The van der Waals surface area contributed by atoms with Crippen molar-refractivity contribution in [2.75, 3.05) is 12.3 Å². The Kier molecular flexibility index (Phi) is 6.58. The van der Waals surface area contributed by atoms with Crippen molar-refractivity contribution >= 4 is 29.4 Å². The van der Waals surface area contributed by atoms with Gasteiger partial charge in [0.2, 0.25) is 5.91 Å². The Hall–Kier alpha value is -1.73. The van der Waals surface area contributed by atoms with Crippen molar-refractivity contribution in [1.29, 1.82) is 0 Å². The van der Waals surface area contributed by atoms with Gasteiger partial charge in [0.1, 0.15) is 0 Å². The molecule has 0 bridgehead atoms. The third-order valence-corrected chi connectivity index (χ3v) is 8.06. The van der Waals surface area contributed by atoms with Gasteiger partial charge in [-0.15, -0.1) is 11.8 Å². The van der Waals surface area contributed by atoms with Gasteiger partial charge < -0.3 is 4.90 Å². The monoisotopic (exact) mass is 443 g/mol. The Labute approximate surface area is 186 Å². The highest BCUT2D eigenvalue weighted by Crippen LogP contribution is 2.35. The van der Waals surface area contributed by atoms with Crippen molar-refractivity contribution in [3.05, 3.63) is 45.9 Å². The van der Waals surface area contributed by atoms with E-state index in [2.05, 4.69) is 13.8 Å². The fourth-order valence-electron chi connectivity index (χ4n) is 4.28. The van der Waals surface area contributed by atoms with E-state index in [-0.39, 0.29) is 11.5 Å². The van der Waals surface area contributed by atoms with Crippen LogP contribution < -0.4 is 5.56 Å². The number of amides is 1. The third kappa shape index (κ3) is 4.33. The van der Waals surface area contributed by atoms with Crippen molar-refractivity contribution in [3.8, 4) is 5.69 Å². The quantitative estimate of drug-likeness (QED) is 0.504. The zero-order valence-electron chi connectivity index (χ0n) is 17.9. The van der Waals surface area contributed by atoms with E-state index in [1.54, 1.807) is 16.3 Å². The molecule has 4 rings (SSSR count). The molecule has 0 saturated carbocycles. The standard InChI is InChI=1S/C23H29N3O2S2/c1-4-17-7-5-6-12-25(17)20(27)14-29-23-24-19-13-16(3)30-21(19)22(28)26(23)18-10-8-15(2)9-11-18/h8-11,16-17H,4-7,12-14H2,1-3H3. The number of aromatic nitrogens is 2. The number of likely N-dealkylation sites (tertiary alicyclic amines) is 1. The van der Waals surface area contributed by atoms with E-state index in [4.69, 9.17) is 4.98 Å². The Balaban J connectivity index is 1.64. The highest BCUT2D eigenvalue weighted by Gasteiger charge is 2.29. The molecular formula is C23H29N3O2S2. The first-order valence-corrected chi connectivity index (χ1v) is 12.7. The van der Waals surface area contributed by atoms with Crippen molar-refractivity contribution < 1.29 is 4.79 Å². The molecule has 2 aromatic rings. The topological polar surface area (TPSA) is 55.2 Å². The summed E-state index contributed by atoms with van der Waals surface area (Å²) in [6, 6.07) is 8.26. The predicted molar refractivity (Wildman–Crippen MR) is 124 cm³/mol. The van der Waals surface area contributed by atoms with Gasteiger partial charge >= 0.3 is 0 Å². The summed E-state index contributed by atoms with van der Waals surface area (Å²) < 4.78 is 1.69. The molecule has 3 heterocycles. The molecule has 1 aromatic carbocycles. The number of aryl methyl sites for hydroxylation is 1. The maximum atomic E-state index is 13.4. The van der Waals surface area contributed by atoms with E-state index >= 15 is 0 Å². The fraction of sp³-hybridized carbons (Fsp3) is 0.522. The van der Waals surface area contributed by atoms with Gasteiger partial charge in [-0.25, -0.2) is 4.98 Å². The molecule has 0 aliphatic carbocycles. The number of hydrogen-bond acceptors (Lipinski definition) is 5. The van der Waals surface area contributed by atoms with Gasteiger partial charge in [0.05, 0.1) is 22.0 Å². The van der Waals surface area contributed by atoms with Gasteiger partial charge in [-0.05, 0) is 44.7 Å². The molecule has 30 heavy (non-hydrogen) atoms. The highest BCUT2D eigenvalue weighted by atomic mass is 32.2. The second-order valence-electron chi connectivity index (χ2n) is 8.21. The van der Waals surface area contributed by atoms with Crippen LogP contribution >= 0.6 is 23.5 Å². The lowest BCUT2D eigenvalue weighted by Gasteiger charge is -2.35. The summed E-state index contributed by atoms with van der Waals surface area (Å²) in [7, 11) is 0. The lowest BCUT2D eigenvalue weighted by Crippen LogP contribution is -2.44. The second-order valence-corrected chi connectivity index (χ2v) is 10.6. The van der Waals surface area contributed by atoms with Crippen molar-refractivity contribution in [2.45, 2.75) is 74.2 Å². The van der Waals surface area contributed by atoms with Gasteiger partial charge in [-0.1, -0.05) is 43.3 Å². The lowest BCUT2D eigenvalue weighted by molar-refractivity contribution is -0.132. The van der Waals surface area contributed by atoms with Crippen molar-refractivity contribution in [1.82, 2.24) is 14.5 Å². The predicted octanol–water partition coefficient (Wildman–Crippen LogP) is 4.46. The highest BCUT2D eigenvalue weighted by molar-refractivity contribution is 8.00. The van der Waals surface area contributed by atoms with E-state index in [1.807, 2.05) is 36.1 Å². The molecule has 7 heteroatoms. The molecule has 2 atom stereocenters. The fourth-order valence-corrected chi connectivity index (χ4v) is 6.29. The van der Waals surface area contributed by atoms with Crippen LogP contribution in [0.3, 0.4) is 0 Å². The number of carbonyl (C=O) groups excluding carboxylic acids is 1. The molecule has 0 N–H and O–H groups in total. The van der Waals surface area contributed by atoms with Crippen LogP contribution in [0.1, 0.15) is 50.8 Å². The Morgan fingerprint density at radius 1 is 1.27 bits per heavy atom. The minimum atomic E-state index is -0.0161. The first-order valence-electron chi connectivity index (χ1n) is 10.8. The van der Waals surface area contributed by atoms with Crippen LogP contribution in [0, 0.1) is 6.92 Å². The largest absolute Gasteiger partial charge is 0.339 e.